The summed E-state index contributed by atoms with van der Waals surface area (Å²) < 4.78 is 19.7. The number of nitrogens with zero attached hydrogens (tertiary/aromatic N) is 1. The molecular weight excluding hydrogens is 303 g/mol. The Hall–Kier alpha value is -2.30. The van der Waals surface area contributed by atoms with Gasteiger partial charge in [-0.1, -0.05) is 0 Å². The van der Waals surface area contributed by atoms with Crippen molar-refractivity contribution in [1.29, 1.82) is 0 Å². The van der Waals surface area contributed by atoms with E-state index >= 15 is 0 Å². The summed E-state index contributed by atoms with van der Waals surface area (Å²) in [7, 11) is 0. The van der Waals surface area contributed by atoms with Gasteiger partial charge in [0.15, 0.2) is 12.4 Å². The van der Waals surface area contributed by atoms with Crippen LogP contribution in [0, 0.1) is 0 Å². The standard InChI is InChI=1S/C12H13FN2O7/c13-8-9(19)6(4-16)22-11(8)15-3-5(1-2-7(17)18)10(20)14-12(15)21/h1-3,6,8-9,11,16,19H,4H2,(H,17,18)(H,14,20,21)/b2-1+/t6-,8+,9-,11-/m0/s1. The lowest BCUT2D eigenvalue weighted by atomic mass is 10.1. The van der Waals surface area contributed by atoms with Gasteiger partial charge in [0.25, 0.3) is 5.56 Å². The first-order chi connectivity index (χ1) is 10.3. The van der Waals surface area contributed by atoms with E-state index in [9.17, 15) is 23.9 Å². The molecular formula is C12H13FN2O7. The topological polar surface area (TPSA) is 142 Å². The molecule has 1 aromatic rings. The van der Waals surface area contributed by atoms with Gasteiger partial charge in [0.2, 0.25) is 0 Å². The van der Waals surface area contributed by atoms with E-state index in [1.54, 1.807) is 0 Å². The monoisotopic (exact) mass is 316 g/mol. The van der Waals surface area contributed by atoms with E-state index in [1.807, 2.05) is 4.98 Å². The van der Waals surface area contributed by atoms with Gasteiger partial charge in [-0.05, 0) is 6.08 Å². The Bertz CT molecular complexity index is 710. The van der Waals surface area contributed by atoms with Gasteiger partial charge in [0.1, 0.15) is 12.2 Å². The van der Waals surface area contributed by atoms with Gasteiger partial charge in [0, 0.05) is 12.3 Å². The van der Waals surface area contributed by atoms with Crippen LogP contribution >= 0.6 is 0 Å². The molecule has 2 heterocycles. The van der Waals surface area contributed by atoms with Crippen LogP contribution in [0.15, 0.2) is 21.9 Å². The van der Waals surface area contributed by atoms with Gasteiger partial charge >= 0.3 is 11.7 Å². The van der Waals surface area contributed by atoms with Gasteiger partial charge in [0.05, 0.1) is 12.2 Å². The molecule has 1 aliphatic heterocycles. The number of aromatic amines is 1. The minimum atomic E-state index is -2.00. The number of hydrogen-bond donors (Lipinski definition) is 4. The molecule has 4 atom stereocenters. The van der Waals surface area contributed by atoms with Crippen LogP contribution < -0.4 is 11.2 Å². The van der Waals surface area contributed by atoms with E-state index in [4.69, 9.17) is 14.9 Å². The highest BCUT2D eigenvalue weighted by Crippen LogP contribution is 2.30. The second-order valence-electron chi connectivity index (χ2n) is 4.61. The lowest BCUT2D eigenvalue weighted by Gasteiger charge is -2.16. The molecule has 2 rings (SSSR count). The van der Waals surface area contributed by atoms with E-state index in [-0.39, 0.29) is 5.56 Å². The van der Waals surface area contributed by atoms with Crippen molar-refractivity contribution in [2.45, 2.75) is 24.6 Å². The van der Waals surface area contributed by atoms with Crippen LogP contribution in [0.25, 0.3) is 6.08 Å². The highest BCUT2D eigenvalue weighted by molar-refractivity contribution is 5.85. The highest BCUT2D eigenvalue weighted by atomic mass is 19.1. The quantitative estimate of drug-likeness (QED) is 0.481. The molecule has 10 heteroatoms. The van der Waals surface area contributed by atoms with Gasteiger partial charge < -0.3 is 20.1 Å². The molecule has 1 aromatic heterocycles. The summed E-state index contributed by atoms with van der Waals surface area (Å²) in [6.07, 6.45) is -3.87. The fraction of sp³-hybridized carbons (Fsp3) is 0.417. The predicted molar refractivity (Wildman–Crippen MR) is 69.9 cm³/mol. The molecule has 0 amide bonds. The number of rotatable bonds is 4. The molecule has 0 aromatic carbocycles. The second-order valence-corrected chi connectivity index (χ2v) is 4.61. The molecule has 0 unspecified atom stereocenters. The number of nitrogens with one attached hydrogen (secondary N) is 1. The van der Waals surface area contributed by atoms with Crippen LogP contribution in [0.5, 0.6) is 0 Å². The Morgan fingerprint density at radius 1 is 1.50 bits per heavy atom. The number of aliphatic hydroxyl groups is 2. The minimum Gasteiger partial charge on any atom is -0.478 e. The molecule has 22 heavy (non-hydrogen) atoms. The number of hydrogen-bond acceptors (Lipinski definition) is 6. The fourth-order valence-corrected chi connectivity index (χ4v) is 2.05. The number of carboxylic acid groups (broad SMARTS) is 1. The predicted octanol–water partition coefficient (Wildman–Crippen LogP) is -1.78. The van der Waals surface area contributed by atoms with Crippen LogP contribution in [-0.2, 0) is 9.53 Å². The fourth-order valence-electron chi connectivity index (χ4n) is 2.05. The number of carboxylic acids is 1. The summed E-state index contributed by atoms with van der Waals surface area (Å²) in [4.78, 5) is 35.6. The zero-order chi connectivity index (χ0) is 16.4. The maximum absolute atomic E-state index is 14.0. The van der Waals surface area contributed by atoms with Gasteiger partial charge in [-0.25, -0.2) is 14.0 Å². The molecule has 1 aliphatic rings. The summed E-state index contributed by atoms with van der Waals surface area (Å²) in [6, 6.07) is 0. The van der Waals surface area contributed by atoms with E-state index < -0.39 is 48.4 Å². The smallest absolute Gasteiger partial charge is 0.330 e. The number of H-pyrrole nitrogens is 1. The Labute approximate surface area is 121 Å². The number of halogens is 1. The lowest BCUT2D eigenvalue weighted by molar-refractivity contribution is -0.131. The van der Waals surface area contributed by atoms with Crippen molar-refractivity contribution in [2.24, 2.45) is 0 Å². The first-order valence-corrected chi connectivity index (χ1v) is 6.20. The molecule has 1 saturated heterocycles. The van der Waals surface area contributed by atoms with Crippen LogP contribution in [0.3, 0.4) is 0 Å². The third kappa shape index (κ3) is 2.98. The first-order valence-electron chi connectivity index (χ1n) is 6.20. The number of aliphatic hydroxyl groups excluding tert-OH is 2. The number of aliphatic carboxylic acids is 1. The average molecular weight is 316 g/mol. The van der Waals surface area contributed by atoms with E-state index in [0.717, 1.165) is 12.3 Å². The Kier molecular flexibility index (Phi) is 4.54. The molecule has 1 fully saturated rings. The number of ether oxygens (including phenoxy) is 1. The normalized spacial score (nSPS) is 28.3. The molecule has 0 saturated carbocycles. The van der Waals surface area contributed by atoms with Crippen molar-refractivity contribution in [3.05, 3.63) is 38.7 Å². The van der Waals surface area contributed by atoms with Crippen LogP contribution in [0.4, 0.5) is 4.39 Å². The van der Waals surface area contributed by atoms with Crippen molar-refractivity contribution < 1.29 is 29.2 Å². The van der Waals surface area contributed by atoms with Gasteiger partial charge in [-0.2, -0.15) is 0 Å². The number of alkyl halides is 1. The zero-order valence-corrected chi connectivity index (χ0v) is 11.0. The average Bonchev–Trinajstić information content (AvgIpc) is 2.74. The summed E-state index contributed by atoms with van der Waals surface area (Å²) >= 11 is 0. The van der Waals surface area contributed by atoms with Crippen molar-refractivity contribution >= 4 is 12.0 Å². The third-order valence-corrected chi connectivity index (χ3v) is 3.15. The minimum absolute atomic E-state index is 0.209. The lowest BCUT2D eigenvalue weighted by Crippen LogP contribution is -2.36. The maximum Gasteiger partial charge on any atom is 0.330 e. The van der Waals surface area contributed by atoms with Crippen molar-refractivity contribution in [1.82, 2.24) is 9.55 Å². The van der Waals surface area contributed by atoms with Crippen LogP contribution in [-0.4, -0.2) is 55.8 Å². The van der Waals surface area contributed by atoms with Gasteiger partial charge in [-0.3, -0.25) is 14.3 Å². The molecule has 4 N–H and O–H groups in total. The largest absolute Gasteiger partial charge is 0.478 e. The number of carbonyl (C=O) groups is 1. The van der Waals surface area contributed by atoms with Crippen LogP contribution in [0.1, 0.15) is 11.8 Å². The Morgan fingerprint density at radius 3 is 2.73 bits per heavy atom. The Balaban J connectivity index is 2.44. The highest BCUT2D eigenvalue weighted by Gasteiger charge is 2.45. The van der Waals surface area contributed by atoms with Crippen LogP contribution in [0.2, 0.25) is 0 Å². The van der Waals surface area contributed by atoms with E-state index in [2.05, 4.69) is 0 Å². The van der Waals surface area contributed by atoms with Crippen molar-refractivity contribution in [2.75, 3.05) is 6.61 Å². The molecule has 0 bridgehead atoms. The maximum atomic E-state index is 14.0. The van der Waals surface area contributed by atoms with Crippen molar-refractivity contribution in [3.8, 4) is 0 Å². The zero-order valence-electron chi connectivity index (χ0n) is 11.0. The summed E-state index contributed by atoms with van der Waals surface area (Å²) in [5, 5.41) is 27.0. The second kappa shape index (κ2) is 6.22. The molecule has 0 spiro atoms. The molecule has 0 aliphatic carbocycles. The molecule has 120 valence electrons. The molecule has 0 radical (unpaired) electrons. The number of aromatic nitrogens is 2. The summed E-state index contributed by atoms with van der Waals surface area (Å²) in [6.45, 7) is -0.651. The molecule has 9 nitrogen and oxygen atoms in total. The van der Waals surface area contributed by atoms with Gasteiger partial charge in [-0.15, -0.1) is 0 Å². The van der Waals surface area contributed by atoms with Crippen molar-refractivity contribution in [3.63, 3.8) is 0 Å². The van der Waals surface area contributed by atoms with E-state index in [1.165, 1.54) is 0 Å². The third-order valence-electron chi connectivity index (χ3n) is 3.15. The summed E-state index contributed by atoms with van der Waals surface area (Å²) in [5.41, 5.74) is -2.05. The van der Waals surface area contributed by atoms with E-state index in [0.29, 0.717) is 10.6 Å². The Morgan fingerprint density at radius 2 is 2.18 bits per heavy atom. The summed E-state index contributed by atoms with van der Waals surface area (Å²) in [5.74, 6) is -1.31. The first kappa shape index (κ1) is 16.1. The SMILES string of the molecule is O=C(O)/C=C/c1cn([C@H]2O[C@@H](CO)[C@H](O)[C@H]2F)c(=O)[nH]c1=O.